The first-order valence-corrected chi connectivity index (χ1v) is 8.78. The monoisotopic (exact) mass is 338 g/mol. The quantitative estimate of drug-likeness (QED) is 0.783. The van der Waals surface area contributed by atoms with E-state index in [4.69, 9.17) is 9.31 Å². The van der Waals surface area contributed by atoms with E-state index >= 15 is 0 Å². The summed E-state index contributed by atoms with van der Waals surface area (Å²) in [6.07, 6.45) is 3.75. The number of rotatable bonds is 2. The van der Waals surface area contributed by atoms with Gasteiger partial charge in [-0.3, -0.25) is 9.97 Å². The molecular formula is C20H27BN2O2. The summed E-state index contributed by atoms with van der Waals surface area (Å²) in [6.45, 7) is 14.7. The fraction of sp³-hybridized carbons (Fsp3) is 0.500. The Bertz CT molecular complexity index is 731. The lowest BCUT2D eigenvalue weighted by Gasteiger charge is -2.32. The molecule has 1 aliphatic rings. The maximum Gasteiger partial charge on any atom is 0.496 e. The standard InChI is InChI=1S/C20H27BN2O2/c1-18(2,3)14-8-10-16(22-12-14)17-11-9-15(13-23-17)21-24-19(4,5)20(6,7)25-21/h8-13H,1-7H3. The minimum Gasteiger partial charge on any atom is -0.399 e. The average molecular weight is 338 g/mol. The molecule has 0 N–H and O–H groups in total. The van der Waals surface area contributed by atoms with Crippen molar-refractivity contribution in [3.05, 3.63) is 42.2 Å². The zero-order chi connectivity index (χ0) is 18.5. The first-order valence-electron chi connectivity index (χ1n) is 8.78. The molecule has 0 unspecified atom stereocenters. The van der Waals surface area contributed by atoms with Gasteiger partial charge in [0.15, 0.2) is 0 Å². The molecule has 0 spiro atoms. The minimum absolute atomic E-state index is 0.0968. The van der Waals surface area contributed by atoms with Crippen molar-refractivity contribution in [3.63, 3.8) is 0 Å². The Hall–Kier alpha value is -1.72. The lowest BCUT2D eigenvalue weighted by Crippen LogP contribution is -2.41. The second-order valence-corrected chi connectivity index (χ2v) is 8.75. The van der Waals surface area contributed by atoms with E-state index in [0.29, 0.717) is 0 Å². The van der Waals surface area contributed by atoms with Crippen molar-refractivity contribution in [3.8, 4) is 11.4 Å². The number of hydrogen-bond acceptors (Lipinski definition) is 4. The molecule has 3 heterocycles. The van der Waals surface area contributed by atoms with Crippen LogP contribution in [0.1, 0.15) is 54.0 Å². The molecule has 1 aliphatic heterocycles. The van der Waals surface area contributed by atoms with E-state index in [9.17, 15) is 0 Å². The molecule has 0 aromatic carbocycles. The molecule has 0 radical (unpaired) electrons. The van der Waals surface area contributed by atoms with Crippen molar-refractivity contribution in [1.82, 2.24) is 9.97 Å². The highest BCUT2D eigenvalue weighted by molar-refractivity contribution is 6.62. The second-order valence-electron chi connectivity index (χ2n) is 8.75. The molecule has 2 aromatic heterocycles. The van der Waals surface area contributed by atoms with Crippen LogP contribution in [0.2, 0.25) is 0 Å². The zero-order valence-corrected chi connectivity index (χ0v) is 16.3. The zero-order valence-electron chi connectivity index (χ0n) is 16.3. The van der Waals surface area contributed by atoms with Crippen LogP contribution >= 0.6 is 0 Å². The normalized spacial score (nSPS) is 19.2. The lowest BCUT2D eigenvalue weighted by atomic mass is 9.80. The summed E-state index contributed by atoms with van der Waals surface area (Å²) < 4.78 is 12.1. The third kappa shape index (κ3) is 3.49. The molecule has 0 bridgehead atoms. The van der Waals surface area contributed by atoms with Crippen LogP contribution in [0, 0.1) is 0 Å². The van der Waals surface area contributed by atoms with Crippen LogP contribution < -0.4 is 5.46 Å². The Morgan fingerprint density at radius 3 is 1.72 bits per heavy atom. The molecule has 0 saturated carbocycles. The molecule has 0 aliphatic carbocycles. The molecule has 1 saturated heterocycles. The van der Waals surface area contributed by atoms with Gasteiger partial charge in [-0.05, 0) is 50.8 Å². The topological polar surface area (TPSA) is 44.2 Å². The summed E-state index contributed by atoms with van der Waals surface area (Å²) in [7, 11) is -0.386. The summed E-state index contributed by atoms with van der Waals surface area (Å²) >= 11 is 0. The van der Waals surface area contributed by atoms with Crippen molar-refractivity contribution in [2.45, 2.75) is 65.1 Å². The minimum atomic E-state index is -0.386. The average Bonchev–Trinajstić information content (AvgIpc) is 2.75. The van der Waals surface area contributed by atoms with E-state index in [-0.39, 0.29) is 23.7 Å². The number of pyridine rings is 2. The van der Waals surface area contributed by atoms with Crippen LogP contribution in [0.25, 0.3) is 11.4 Å². The maximum atomic E-state index is 6.07. The molecule has 4 nitrogen and oxygen atoms in total. The van der Waals surface area contributed by atoms with Crippen LogP contribution in [0.4, 0.5) is 0 Å². The van der Waals surface area contributed by atoms with Crippen LogP contribution in [0.3, 0.4) is 0 Å². The predicted molar refractivity (Wildman–Crippen MR) is 102 cm³/mol. The summed E-state index contributed by atoms with van der Waals surface area (Å²) in [5.74, 6) is 0. The van der Waals surface area contributed by atoms with E-state index < -0.39 is 0 Å². The Balaban J connectivity index is 1.79. The van der Waals surface area contributed by atoms with Gasteiger partial charge in [-0.1, -0.05) is 32.9 Å². The summed E-state index contributed by atoms with van der Waals surface area (Å²) in [5.41, 5.74) is 3.26. The summed E-state index contributed by atoms with van der Waals surface area (Å²) in [6, 6.07) is 8.12. The molecule has 1 fully saturated rings. The van der Waals surface area contributed by atoms with Crippen LogP contribution in [0.5, 0.6) is 0 Å². The SMILES string of the molecule is CC(C)(C)c1ccc(-c2ccc(B3OC(C)(C)C(C)(C)O3)cn2)nc1. The lowest BCUT2D eigenvalue weighted by molar-refractivity contribution is 0.00578. The van der Waals surface area contributed by atoms with Gasteiger partial charge in [0.1, 0.15) is 0 Å². The Morgan fingerprint density at radius 1 is 0.800 bits per heavy atom. The van der Waals surface area contributed by atoms with Crippen molar-refractivity contribution in [1.29, 1.82) is 0 Å². The van der Waals surface area contributed by atoms with E-state index in [0.717, 1.165) is 16.9 Å². The van der Waals surface area contributed by atoms with Gasteiger partial charge in [0.2, 0.25) is 0 Å². The third-order valence-electron chi connectivity index (χ3n) is 5.20. The van der Waals surface area contributed by atoms with Crippen molar-refractivity contribution >= 4 is 12.6 Å². The first kappa shape index (κ1) is 18.1. The summed E-state index contributed by atoms with van der Waals surface area (Å²) in [4.78, 5) is 9.12. The van der Waals surface area contributed by atoms with E-state index in [1.54, 1.807) is 0 Å². The molecule has 2 aromatic rings. The van der Waals surface area contributed by atoms with Crippen molar-refractivity contribution in [2.24, 2.45) is 0 Å². The molecule has 3 rings (SSSR count). The van der Waals surface area contributed by atoms with Gasteiger partial charge in [-0.25, -0.2) is 0 Å². The van der Waals surface area contributed by atoms with E-state index in [1.165, 1.54) is 5.56 Å². The molecule has 132 valence electrons. The van der Waals surface area contributed by atoms with Crippen LogP contribution in [-0.4, -0.2) is 28.3 Å². The molecular weight excluding hydrogens is 311 g/mol. The van der Waals surface area contributed by atoms with E-state index in [2.05, 4.69) is 64.5 Å². The van der Waals surface area contributed by atoms with Gasteiger partial charge in [0.25, 0.3) is 0 Å². The van der Waals surface area contributed by atoms with Crippen LogP contribution in [-0.2, 0) is 14.7 Å². The highest BCUT2D eigenvalue weighted by Crippen LogP contribution is 2.36. The largest absolute Gasteiger partial charge is 0.496 e. The molecule has 0 atom stereocenters. The van der Waals surface area contributed by atoms with Gasteiger partial charge >= 0.3 is 7.12 Å². The molecule has 5 heteroatoms. The fourth-order valence-corrected chi connectivity index (χ4v) is 2.66. The smallest absolute Gasteiger partial charge is 0.399 e. The molecule has 25 heavy (non-hydrogen) atoms. The highest BCUT2D eigenvalue weighted by Gasteiger charge is 2.51. The van der Waals surface area contributed by atoms with Gasteiger partial charge in [-0.2, -0.15) is 0 Å². The maximum absolute atomic E-state index is 6.07. The summed E-state index contributed by atoms with van der Waals surface area (Å²) in [5, 5.41) is 0. The number of nitrogens with zero attached hydrogens (tertiary/aromatic N) is 2. The Kier molecular flexibility index (Phi) is 4.29. The van der Waals surface area contributed by atoms with Crippen LogP contribution in [0.15, 0.2) is 36.7 Å². The first-order chi connectivity index (χ1) is 11.5. The van der Waals surface area contributed by atoms with E-state index in [1.807, 2.05) is 30.6 Å². The fourth-order valence-electron chi connectivity index (χ4n) is 2.66. The van der Waals surface area contributed by atoms with Crippen molar-refractivity contribution < 1.29 is 9.31 Å². The Labute approximate surface area is 151 Å². The number of aromatic nitrogens is 2. The Morgan fingerprint density at radius 2 is 1.32 bits per heavy atom. The number of hydrogen-bond donors (Lipinski definition) is 0. The van der Waals surface area contributed by atoms with Gasteiger partial charge in [0.05, 0.1) is 22.6 Å². The van der Waals surface area contributed by atoms with Gasteiger partial charge in [0, 0.05) is 17.9 Å². The predicted octanol–water partition coefficient (Wildman–Crippen LogP) is 3.74. The second kappa shape index (κ2) is 5.92. The molecule has 0 amide bonds. The van der Waals surface area contributed by atoms with Crippen molar-refractivity contribution in [2.75, 3.05) is 0 Å². The third-order valence-corrected chi connectivity index (χ3v) is 5.20. The highest BCUT2D eigenvalue weighted by atomic mass is 16.7. The van der Waals surface area contributed by atoms with Gasteiger partial charge < -0.3 is 9.31 Å². The van der Waals surface area contributed by atoms with Gasteiger partial charge in [-0.15, -0.1) is 0 Å².